The summed E-state index contributed by atoms with van der Waals surface area (Å²) in [5, 5.41) is 3.66. The van der Waals surface area contributed by atoms with Gasteiger partial charge in [0.1, 0.15) is 23.2 Å². The number of hydrogen-bond donors (Lipinski definition) is 1. The van der Waals surface area contributed by atoms with Crippen molar-refractivity contribution in [1.29, 1.82) is 0 Å². The van der Waals surface area contributed by atoms with Gasteiger partial charge in [0.25, 0.3) is 0 Å². The first-order chi connectivity index (χ1) is 11.3. The highest BCUT2D eigenvalue weighted by atomic mass is 35.5. The lowest BCUT2D eigenvalue weighted by Gasteiger charge is -2.07. The summed E-state index contributed by atoms with van der Waals surface area (Å²) < 4.78 is 35.0. The van der Waals surface area contributed by atoms with Crippen LogP contribution in [0.2, 0.25) is 4.34 Å². The van der Waals surface area contributed by atoms with Gasteiger partial charge >= 0.3 is 5.97 Å². The molecule has 1 N–H and O–H groups in total. The number of sulfonamides is 1. The second kappa shape index (κ2) is 7.79. The predicted molar refractivity (Wildman–Crippen MR) is 86.4 cm³/mol. The van der Waals surface area contributed by atoms with Crippen molar-refractivity contribution >= 4 is 44.9 Å². The van der Waals surface area contributed by atoms with E-state index in [1.807, 2.05) is 0 Å². The third-order valence-corrected chi connectivity index (χ3v) is 5.26. The van der Waals surface area contributed by atoms with Crippen LogP contribution in [0.25, 0.3) is 0 Å². The van der Waals surface area contributed by atoms with Crippen molar-refractivity contribution in [2.45, 2.75) is 18.4 Å². The average Bonchev–Trinajstić information content (AvgIpc) is 2.96. The van der Waals surface area contributed by atoms with Crippen molar-refractivity contribution in [3.05, 3.63) is 39.9 Å². The van der Waals surface area contributed by atoms with Crippen LogP contribution < -0.4 is 4.72 Å². The molecule has 24 heavy (non-hydrogen) atoms. The van der Waals surface area contributed by atoms with Crippen LogP contribution in [-0.4, -0.2) is 36.3 Å². The van der Waals surface area contributed by atoms with Crippen molar-refractivity contribution < 1.29 is 22.7 Å². The number of Topliss-reactive ketones (excluding diaryl/α,β-unsaturated/α-hetero) is 1. The van der Waals surface area contributed by atoms with Gasteiger partial charge in [-0.15, -0.1) is 5.10 Å². The number of benzene rings is 1. The Hall–Kier alpha value is -1.88. The Balaban J connectivity index is 1.90. The second-order valence-corrected chi connectivity index (χ2v) is 7.68. The SMILES string of the molecule is CC(=O)c1ccc(S(=O)(=O)NCC(=O)OCc2nnsc2Cl)cc1. The first-order valence-corrected chi connectivity index (χ1v) is 9.16. The molecule has 0 aliphatic carbocycles. The maximum absolute atomic E-state index is 12.1. The summed E-state index contributed by atoms with van der Waals surface area (Å²) >= 11 is 6.71. The summed E-state index contributed by atoms with van der Waals surface area (Å²) in [7, 11) is -3.89. The quantitative estimate of drug-likeness (QED) is 0.562. The molecule has 0 atom stereocenters. The third kappa shape index (κ3) is 4.81. The molecule has 0 fully saturated rings. The number of nitrogens with one attached hydrogen (secondary N) is 1. The maximum atomic E-state index is 12.1. The smallest absolute Gasteiger partial charge is 0.321 e. The predicted octanol–water partition coefficient (Wildman–Crippen LogP) is 1.42. The van der Waals surface area contributed by atoms with Crippen molar-refractivity contribution in [2.24, 2.45) is 0 Å². The number of ketones is 1. The Kier molecular flexibility index (Phi) is 5.99. The number of carbonyl (C=O) groups excluding carboxylic acids is 2. The van der Waals surface area contributed by atoms with Gasteiger partial charge < -0.3 is 4.74 Å². The van der Waals surface area contributed by atoms with Crippen LogP contribution in [0.3, 0.4) is 0 Å². The number of nitrogens with zero attached hydrogens (tertiary/aromatic N) is 2. The van der Waals surface area contributed by atoms with E-state index in [1.165, 1.54) is 31.2 Å². The van der Waals surface area contributed by atoms with Gasteiger partial charge in [0.05, 0.1) is 4.90 Å². The zero-order valence-electron chi connectivity index (χ0n) is 12.4. The van der Waals surface area contributed by atoms with E-state index in [4.69, 9.17) is 16.3 Å². The van der Waals surface area contributed by atoms with Gasteiger partial charge in [-0.3, -0.25) is 9.59 Å². The van der Waals surface area contributed by atoms with Gasteiger partial charge in [0.2, 0.25) is 10.0 Å². The number of ether oxygens (including phenoxy) is 1. The Morgan fingerprint density at radius 2 is 1.96 bits per heavy atom. The van der Waals surface area contributed by atoms with Crippen LogP contribution in [0.15, 0.2) is 29.2 Å². The molecule has 2 rings (SSSR count). The van der Waals surface area contributed by atoms with E-state index < -0.39 is 22.5 Å². The molecule has 1 aromatic carbocycles. The number of hydrogen-bond acceptors (Lipinski definition) is 8. The first kappa shape index (κ1) is 18.5. The normalized spacial score (nSPS) is 11.2. The van der Waals surface area contributed by atoms with Gasteiger partial charge in [-0.25, -0.2) is 8.42 Å². The molecule has 0 amide bonds. The molecule has 0 radical (unpaired) electrons. The average molecular weight is 390 g/mol. The number of halogens is 1. The fraction of sp³-hybridized carbons (Fsp3) is 0.231. The Morgan fingerprint density at radius 1 is 1.29 bits per heavy atom. The summed E-state index contributed by atoms with van der Waals surface area (Å²) in [6.07, 6.45) is 0. The zero-order valence-corrected chi connectivity index (χ0v) is 14.7. The molecular formula is C13H12ClN3O5S2. The van der Waals surface area contributed by atoms with Crippen LogP contribution in [0.5, 0.6) is 0 Å². The van der Waals surface area contributed by atoms with Crippen molar-refractivity contribution in [3.63, 3.8) is 0 Å². The van der Waals surface area contributed by atoms with E-state index in [2.05, 4.69) is 14.3 Å². The van der Waals surface area contributed by atoms with Crippen molar-refractivity contribution in [2.75, 3.05) is 6.54 Å². The molecule has 0 spiro atoms. The largest absolute Gasteiger partial charge is 0.458 e. The van der Waals surface area contributed by atoms with E-state index in [9.17, 15) is 18.0 Å². The lowest BCUT2D eigenvalue weighted by atomic mass is 10.2. The minimum atomic E-state index is -3.89. The summed E-state index contributed by atoms with van der Waals surface area (Å²) in [6, 6.07) is 5.36. The summed E-state index contributed by atoms with van der Waals surface area (Å²) in [5.74, 6) is -0.964. The Morgan fingerprint density at radius 3 is 2.50 bits per heavy atom. The van der Waals surface area contributed by atoms with Crippen LogP contribution in [0, 0.1) is 0 Å². The van der Waals surface area contributed by atoms with Gasteiger partial charge in [-0.1, -0.05) is 28.2 Å². The molecule has 11 heteroatoms. The van der Waals surface area contributed by atoms with Crippen LogP contribution >= 0.6 is 23.1 Å². The maximum Gasteiger partial charge on any atom is 0.321 e. The zero-order chi connectivity index (χ0) is 17.7. The molecule has 0 bridgehead atoms. The molecule has 1 heterocycles. The van der Waals surface area contributed by atoms with Crippen LogP contribution in [0.1, 0.15) is 23.0 Å². The summed E-state index contributed by atoms with van der Waals surface area (Å²) in [6.45, 7) is 0.636. The number of rotatable bonds is 7. The first-order valence-electron chi connectivity index (χ1n) is 6.52. The lowest BCUT2D eigenvalue weighted by molar-refractivity contribution is -0.143. The minimum absolute atomic E-state index is 0.0629. The molecule has 0 aliphatic heterocycles. The number of carbonyl (C=O) groups is 2. The summed E-state index contributed by atoms with van der Waals surface area (Å²) in [5.41, 5.74) is 0.694. The highest BCUT2D eigenvalue weighted by Crippen LogP contribution is 2.17. The van der Waals surface area contributed by atoms with E-state index in [0.29, 0.717) is 15.6 Å². The van der Waals surface area contributed by atoms with E-state index >= 15 is 0 Å². The molecular weight excluding hydrogens is 378 g/mol. The fourth-order valence-corrected chi connectivity index (χ4v) is 3.16. The van der Waals surface area contributed by atoms with Crippen LogP contribution in [0.4, 0.5) is 0 Å². The second-order valence-electron chi connectivity index (χ2n) is 4.56. The molecule has 0 unspecified atom stereocenters. The van der Waals surface area contributed by atoms with Gasteiger partial charge in [0, 0.05) is 17.1 Å². The molecule has 0 saturated heterocycles. The van der Waals surface area contributed by atoms with E-state index in [1.54, 1.807) is 0 Å². The molecule has 8 nitrogen and oxygen atoms in total. The monoisotopic (exact) mass is 389 g/mol. The molecule has 1 aromatic heterocycles. The van der Waals surface area contributed by atoms with E-state index in [0.717, 1.165) is 11.5 Å². The van der Waals surface area contributed by atoms with E-state index in [-0.39, 0.29) is 17.3 Å². The standard InChI is InChI=1S/C13H12ClN3O5S2/c1-8(18)9-2-4-10(5-3-9)24(20,21)15-6-12(19)22-7-11-13(14)23-17-16-11/h2-5,15H,6-7H2,1H3. The van der Waals surface area contributed by atoms with Gasteiger partial charge in [-0.2, -0.15) is 4.72 Å². The number of esters is 1. The van der Waals surface area contributed by atoms with Crippen LogP contribution in [-0.2, 0) is 26.2 Å². The van der Waals surface area contributed by atoms with Crippen molar-refractivity contribution in [1.82, 2.24) is 14.3 Å². The Labute approximate surface area is 147 Å². The highest BCUT2D eigenvalue weighted by Gasteiger charge is 2.17. The molecule has 2 aromatic rings. The third-order valence-electron chi connectivity index (χ3n) is 2.86. The Bertz CT molecular complexity index is 849. The topological polar surface area (TPSA) is 115 Å². The fourth-order valence-electron chi connectivity index (χ4n) is 1.59. The van der Waals surface area contributed by atoms with Crippen molar-refractivity contribution in [3.8, 4) is 0 Å². The van der Waals surface area contributed by atoms with Gasteiger partial charge in [-0.05, 0) is 19.1 Å². The summed E-state index contributed by atoms with van der Waals surface area (Å²) in [4.78, 5) is 22.7. The molecule has 0 aliphatic rings. The molecule has 0 saturated carbocycles. The minimum Gasteiger partial charge on any atom is -0.458 e. The number of aromatic nitrogens is 2. The molecule has 128 valence electrons. The van der Waals surface area contributed by atoms with Gasteiger partial charge in [0.15, 0.2) is 5.78 Å². The highest BCUT2D eigenvalue weighted by molar-refractivity contribution is 7.89. The lowest BCUT2D eigenvalue weighted by Crippen LogP contribution is -2.30.